The van der Waals surface area contributed by atoms with Gasteiger partial charge in [-0.15, -0.1) is 0 Å². The van der Waals surface area contributed by atoms with E-state index in [-0.39, 0.29) is 0 Å². The molecule has 1 amide bonds. The van der Waals surface area contributed by atoms with E-state index in [0.717, 1.165) is 0 Å². The second-order valence-corrected chi connectivity index (χ2v) is 2.19. The Morgan fingerprint density at radius 2 is 2.46 bits per heavy atom. The van der Waals surface area contributed by atoms with E-state index in [1.807, 2.05) is 6.07 Å². The van der Waals surface area contributed by atoms with Gasteiger partial charge in [-0.25, -0.2) is 15.2 Å². The van der Waals surface area contributed by atoms with E-state index < -0.39 is 6.09 Å². The summed E-state index contributed by atoms with van der Waals surface area (Å²) in [5.74, 6) is 0.565. The van der Waals surface area contributed by atoms with Gasteiger partial charge in [-0.05, 0) is 19.1 Å². The van der Waals surface area contributed by atoms with Crippen LogP contribution in [0, 0.1) is 0 Å². The van der Waals surface area contributed by atoms with Crippen LogP contribution < -0.4 is 10.9 Å². The Labute approximate surface area is 76.1 Å². The molecule has 0 saturated heterocycles. The average Bonchev–Trinajstić information content (AvgIpc) is 2.17. The predicted octanol–water partition coefficient (Wildman–Crippen LogP) is 1.15. The fraction of sp³-hybridized carbons (Fsp3) is 0.250. The normalized spacial score (nSPS) is 9.00. The molecule has 1 aromatic heterocycles. The van der Waals surface area contributed by atoms with E-state index in [0.29, 0.717) is 12.4 Å². The molecule has 1 rings (SSSR count). The smallest absolute Gasteiger partial charge is 0.425 e. The van der Waals surface area contributed by atoms with Crippen LogP contribution in [0.15, 0.2) is 24.4 Å². The molecule has 0 fully saturated rings. The molecule has 13 heavy (non-hydrogen) atoms. The number of ether oxygens (including phenoxy) is 1. The second kappa shape index (κ2) is 4.97. The minimum Gasteiger partial charge on any atom is -0.449 e. The molecular formula is C8H11N3O2. The molecule has 0 aliphatic carbocycles. The third-order valence-electron chi connectivity index (χ3n) is 1.23. The van der Waals surface area contributed by atoms with Crippen LogP contribution in [0.25, 0.3) is 0 Å². The van der Waals surface area contributed by atoms with E-state index >= 15 is 0 Å². The van der Waals surface area contributed by atoms with Gasteiger partial charge in [0.05, 0.1) is 6.61 Å². The van der Waals surface area contributed by atoms with Gasteiger partial charge in [0.2, 0.25) is 0 Å². The van der Waals surface area contributed by atoms with Crippen molar-refractivity contribution in [2.75, 3.05) is 12.0 Å². The van der Waals surface area contributed by atoms with Crippen LogP contribution in [-0.4, -0.2) is 17.7 Å². The Kier molecular flexibility index (Phi) is 3.56. The molecule has 0 saturated carbocycles. The molecule has 1 aromatic rings. The maximum absolute atomic E-state index is 10.8. The van der Waals surface area contributed by atoms with Gasteiger partial charge < -0.3 is 4.74 Å². The zero-order valence-electron chi connectivity index (χ0n) is 7.28. The summed E-state index contributed by atoms with van der Waals surface area (Å²) in [5.41, 5.74) is 4.92. The quantitative estimate of drug-likeness (QED) is 0.687. The number of carbonyl (C=O) groups excluding carboxylic acids is 1. The minimum absolute atomic E-state index is 0.343. The number of hydrazine groups is 1. The summed E-state index contributed by atoms with van der Waals surface area (Å²) in [5, 5.41) is 0. The summed E-state index contributed by atoms with van der Waals surface area (Å²) in [7, 11) is 0. The first-order valence-corrected chi connectivity index (χ1v) is 3.92. The maximum Gasteiger partial charge on any atom is 0.425 e. The van der Waals surface area contributed by atoms with Gasteiger partial charge in [-0.3, -0.25) is 5.43 Å². The van der Waals surface area contributed by atoms with Crippen molar-refractivity contribution < 1.29 is 9.53 Å². The lowest BCUT2D eigenvalue weighted by Gasteiger charge is -2.06. The number of carbonyl (C=O) groups is 1. The SMILES string of the molecule is CCOC(=O)NNc1ccccn1. The van der Waals surface area contributed by atoms with E-state index in [1.54, 1.807) is 25.3 Å². The molecule has 5 heteroatoms. The summed E-state index contributed by atoms with van der Waals surface area (Å²) in [6.45, 7) is 2.08. The van der Waals surface area contributed by atoms with Crippen LogP contribution in [-0.2, 0) is 4.74 Å². The summed E-state index contributed by atoms with van der Waals surface area (Å²) in [4.78, 5) is 14.7. The van der Waals surface area contributed by atoms with Crippen molar-refractivity contribution in [2.45, 2.75) is 6.92 Å². The third-order valence-corrected chi connectivity index (χ3v) is 1.23. The van der Waals surface area contributed by atoms with Crippen LogP contribution >= 0.6 is 0 Å². The van der Waals surface area contributed by atoms with Crippen molar-refractivity contribution in [1.29, 1.82) is 0 Å². The number of hydrogen-bond acceptors (Lipinski definition) is 4. The van der Waals surface area contributed by atoms with Crippen LogP contribution in [0.3, 0.4) is 0 Å². The predicted molar refractivity (Wildman–Crippen MR) is 48.0 cm³/mol. The maximum atomic E-state index is 10.8. The number of amides is 1. The van der Waals surface area contributed by atoms with Crippen LogP contribution in [0.5, 0.6) is 0 Å². The number of rotatable bonds is 3. The molecule has 0 atom stereocenters. The Morgan fingerprint density at radius 3 is 3.08 bits per heavy atom. The van der Waals surface area contributed by atoms with Crippen molar-refractivity contribution in [3.05, 3.63) is 24.4 Å². The monoisotopic (exact) mass is 181 g/mol. The summed E-state index contributed by atoms with van der Waals surface area (Å²) >= 11 is 0. The number of anilines is 1. The molecule has 1 heterocycles. The first-order valence-electron chi connectivity index (χ1n) is 3.92. The molecule has 70 valence electrons. The summed E-state index contributed by atoms with van der Waals surface area (Å²) < 4.78 is 4.62. The summed E-state index contributed by atoms with van der Waals surface area (Å²) in [6, 6.07) is 5.32. The lowest BCUT2D eigenvalue weighted by atomic mass is 10.5. The summed E-state index contributed by atoms with van der Waals surface area (Å²) in [6.07, 6.45) is 1.10. The standard InChI is InChI=1S/C8H11N3O2/c1-2-13-8(12)11-10-7-5-3-4-6-9-7/h3-6H,2H2,1H3,(H,9,10)(H,11,12). The largest absolute Gasteiger partial charge is 0.449 e. The number of nitrogens with zero attached hydrogens (tertiary/aromatic N) is 1. The zero-order chi connectivity index (χ0) is 9.52. The highest BCUT2D eigenvalue weighted by Gasteiger charge is 1.97. The molecule has 0 aromatic carbocycles. The number of nitrogens with one attached hydrogen (secondary N) is 2. The van der Waals surface area contributed by atoms with Crippen molar-refractivity contribution in [2.24, 2.45) is 0 Å². The van der Waals surface area contributed by atoms with Gasteiger partial charge in [-0.1, -0.05) is 6.07 Å². The minimum atomic E-state index is -0.520. The molecule has 0 radical (unpaired) electrons. The van der Waals surface area contributed by atoms with E-state index in [4.69, 9.17) is 0 Å². The first-order chi connectivity index (χ1) is 6.33. The van der Waals surface area contributed by atoms with Gasteiger partial charge in [0.25, 0.3) is 0 Å². The van der Waals surface area contributed by atoms with Gasteiger partial charge in [0.15, 0.2) is 0 Å². The number of aromatic nitrogens is 1. The first kappa shape index (κ1) is 9.31. The molecular weight excluding hydrogens is 170 g/mol. The highest BCUT2D eigenvalue weighted by atomic mass is 16.5. The molecule has 0 aliphatic heterocycles. The Morgan fingerprint density at radius 1 is 1.62 bits per heavy atom. The number of hydrogen-bond donors (Lipinski definition) is 2. The fourth-order valence-corrected chi connectivity index (χ4v) is 0.719. The van der Waals surface area contributed by atoms with E-state index in [1.165, 1.54) is 0 Å². The van der Waals surface area contributed by atoms with Crippen molar-refractivity contribution >= 4 is 11.9 Å². The van der Waals surface area contributed by atoms with Crippen molar-refractivity contribution in [3.63, 3.8) is 0 Å². The van der Waals surface area contributed by atoms with E-state index in [9.17, 15) is 4.79 Å². The lowest BCUT2D eigenvalue weighted by molar-refractivity contribution is 0.154. The Bertz CT molecular complexity index is 263. The van der Waals surface area contributed by atoms with Gasteiger partial charge >= 0.3 is 6.09 Å². The van der Waals surface area contributed by atoms with Crippen molar-refractivity contribution in [3.8, 4) is 0 Å². The van der Waals surface area contributed by atoms with Gasteiger partial charge in [0, 0.05) is 6.20 Å². The second-order valence-electron chi connectivity index (χ2n) is 2.19. The molecule has 0 unspecified atom stereocenters. The molecule has 5 nitrogen and oxygen atoms in total. The van der Waals surface area contributed by atoms with Gasteiger partial charge in [-0.2, -0.15) is 0 Å². The van der Waals surface area contributed by atoms with Crippen LogP contribution in [0.2, 0.25) is 0 Å². The Balaban J connectivity index is 2.31. The van der Waals surface area contributed by atoms with Crippen LogP contribution in [0.1, 0.15) is 6.92 Å². The van der Waals surface area contributed by atoms with E-state index in [2.05, 4.69) is 20.6 Å². The van der Waals surface area contributed by atoms with Gasteiger partial charge in [0.1, 0.15) is 5.82 Å². The zero-order valence-corrected chi connectivity index (χ0v) is 7.28. The fourth-order valence-electron chi connectivity index (χ4n) is 0.719. The molecule has 2 N–H and O–H groups in total. The van der Waals surface area contributed by atoms with Crippen LogP contribution in [0.4, 0.5) is 10.6 Å². The molecule has 0 aliphatic rings. The number of pyridine rings is 1. The topological polar surface area (TPSA) is 63.2 Å². The third kappa shape index (κ3) is 3.42. The highest BCUT2D eigenvalue weighted by molar-refractivity contribution is 5.68. The molecule has 0 spiro atoms. The van der Waals surface area contributed by atoms with Crippen molar-refractivity contribution in [1.82, 2.24) is 10.4 Å². The Hall–Kier alpha value is -1.78. The highest BCUT2D eigenvalue weighted by Crippen LogP contribution is 1.96. The average molecular weight is 181 g/mol. The molecule has 0 bridgehead atoms. The lowest BCUT2D eigenvalue weighted by Crippen LogP contribution is -2.30.